The van der Waals surface area contributed by atoms with Crippen LogP contribution in [0.3, 0.4) is 0 Å². The van der Waals surface area contributed by atoms with Crippen LogP contribution in [-0.4, -0.2) is 33.7 Å². The Labute approximate surface area is 154 Å². The van der Waals surface area contributed by atoms with Crippen molar-refractivity contribution in [2.45, 2.75) is 26.4 Å². The summed E-state index contributed by atoms with van der Waals surface area (Å²) >= 11 is 0. The van der Waals surface area contributed by atoms with Gasteiger partial charge in [-0.2, -0.15) is 5.10 Å². The molecule has 5 heteroatoms. The van der Waals surface area contributed by atoms with Gasteiger partial charge in [-0.1, -0.05) is 36.4 Å². The van der Waals surface area contributed by atoms with Crippen molar-refractivity contribution in [2.24, 2.45) is 0 Å². The van der Waals surface area contributed by atoms with Crippen LogP contribution in [0.5, 0.6) is 0 Å². The first kappa shape index (κ1) is 17.9. The summed E-state index contributed by atoms with van der Waals surface area (Å²) in [5, 5.41) is 7.42. The maximum atomic E-state index is 12.5. The maximum absolute atomic E-state index is 12.5. The number of benzene rings is 2. The van der Waals surface area contributed by atoms with Gasteiger partial charge in [-0.25, -0.2) is 4.68 Å². The number of carbonyl (C=O) groups excluding carboxylic acids is 1. The monoisotopic (exact) mass is 348 g/mol. The van der Waals surface area contributed by atoms with Gasteiger partial charge in [0.15, 0.2) is 0 Å². The molecule has 1 atom stereocenters. The van der Waals surface area contributed by atoms with Gasteiger partial charge < -0.3 is 5.32 Å². The lowest BCUT2D eigenvalue weighted by Gasteiger charge is -2.23. The number of carbonyl (C=O) groups is 1. The molecule has 1 heterocycles. The van der Waals surface area contributed by atoms with Crippen molar-refractivity contribution in [2.75, 3.05) is 12.4 Å². The van der Waals surface area contributed by atoms with Crippen LogP contribution in [-0.2, 0) is 11.3 Å². The molecule has 0 aliphatic carbocycles. The minimum absolute atomic E-state index is 0.0164. The number of rotatable bonds is 6. The predicted octanol–water partition coefficient (Wildman–Crippen LogP) is 3.64. The summed E-state index contributed by atoms with van der Waals surface area (Å²) < 4.78 is 1.85. The van der Waals surface area contributed by atoms with Crippen molar-refractivity contribution in [3.63, 3.8) is 0 Å². The summed E-state index contributed by atoms with van der Waals surface area (Å²) in [6.45, 7) is 4.55. The van der Waals surface area contributed by atoms with Gasteiger partial charge in [0.25, 0.3) is 0 Å². The van der Waals surface area contributed by atoms with Gasteiger partial charge >= 0.3 is 0 Å². The number of nitrogens with zero attached hydrogens (tertiary/aromatic N) is 3. The Morgan fingerprint density at radius 3 is 2.58 bits per heavy atom. The molecule has 1 N–H and O–H groups in total. The lowest BCUT2D eigenvalue weighted by molar-refractivity contribution is -0.120. The Morgan fingerprint density at radius 2 is 1.85 bits per heavy atom. The number of likely N-dealkylation sites (N-methyl/N-ethyl adjacent to an activating group) is 1. The van der Waals surface area contributed by atoms with Gasteiger partial charge in [-0.3, -0.25) is 9.69 Å². The fourth-order valence-corrected chi connectivity index (χ4v) is 2.74. The topological polar surface area (TPSA) is 50.2 Å². The zero-order valence-electron chi connectivity index (χ0n) is 15.4. The first-order valence-electron chi connectivity index (χ1n) is 8.70. The third-order valence-corrected chi connectivity index (χ3v) is 4.53. The number of hydrogen-bond acceptors (Lipinski definition) is 3. The van der Waals surface area contributed by atoms with Gasteiger partial charge in [-0.05, 0) is 44.7 Å². The first-order chi connectivity index (χ1) is 12.5. The van der Waals surface area contributed by atoms with Gasteiger partial charge in [-0.15, -0.1) is 0 Å². The second-order valence-electron chi connectivity index (χ2n) is 6.52. The molecular formula is C21H24N4O. The van der Waals surface area contributed by atoms with Crippen molar-refractivity contribution in [3.8, 4) is 5.69 Å². The Morgan fingerprint density at radius 1 is 1.15 bits per heavy atom. The van der Waals surface area contributed by atoms with Crippen molar-refractivity contribution in [1.82, 2.24) is 14.7 Å². The van der Waals surface area contributed by atoms with Crippen molar-refractivity contribution >= 4 is 11.6 Å². The van der Waals surface area contributed by atoms with E-state index < -0.39 is 0 Å². The number of aryl methyl sites for hydroxylation is 1. The first-order valence-corrected chi connectivity index (χ1v) is 8.70. The van der Waals surface area contributed by atoms with Gasteiger partial charge in [0.2, 0.25) is 5.91 Å². The molecule has 0 saturated carbocycles. The molecule has 5 nitrogen and oxygen atoms in total. The number of anilines is 1. The number of hydrogen-bond donors (Lipinski definition) is 1. The standard InChI is InChI=1S/C21H24N4O/c1-16-9-7-8-12-20(16)23-21(26)17(2)24(3)14-18-13-22-25(15-18)19-10-5-4-6-11-19/h4-13,15,17H,14H2,1-3H3,(H,23,26). The minimum Gasteiger partial charge on any atom is -0.324 e. The number of aromatic nitrogens is 2. The molecule has 26 heavy (non-hydrogen) atoms. The van der Waals surface area contributed by atoms with E-state index in [0.717, 1.165) is 22.5 Å². The molecule has 1 unspecified atom stereocenters. The lowest BCUT2D eigenvalue weighted by Crippen LogP contribution is -2.39. The van der Waals surface area contributed by atoms with Crippen LogP contribution in [0.4, 0.5) is 5.69 Å². The van der Waals surface area contributed by atoms with Crippen LogP contribution in [0.2, 0.25) is 0 Å². The summed E-state index contributed by atoms with van der Waals surface area (Å²) in [5.74, 6) is -0.0164. The van der Waals surface area contributed by atoms with Gasteiger partial charge in [0.05, 0.1) is 17.9 Å². The van der Waals surface area contributed by atoms with Gasteiger partial charge in [0, 0.05) is 24.0 Å². The van der Waals surface area contributed by atoms with E-state index >= 15 is 0 Å². The summed E-state index contributed by atoms with van der Waals surface area (Å²) in [7, 11) is 1.95. The molecule has 0 saturated heterocycles. The third kappa shape index (κ3) is 4.18. The van der Waals surface area contributed by atoms with Crippen LogP contribution in [0.15, 0.2) is 67.0 Å². The van der Waals surface area contributed by atoms with E-state index in [1.54, 1.807) is 0 Å². The Balaban J connectivity index is 1.62. The van der Waals surface area contributed by atoms with E-state index in [-0.39, 0.29) is 11.9 Å². The largest absolute Gasteiger partial charge is 0.324 e. The highest BCUT2D eigenvalue weighted by atomic mass is 16.2. The number of amides is 1. The molecule has 3 aromatic rings. The summed E-state index contributed by atoms with van der Waals surface area (Å²) in [6, 6.07) is 17.5. The Bertz CT molecular complexity index is 872. The summed E-state index contributed by atoms with van der Waals surface area (Å²) in [4.78, 5) is 14.6. The number of nitrogens with one attached hydrogen (secondary N) is 1. The predicted molar refractivity (Wildman–Crippen MR) is 104 cm³/mol. The van der Waals surface area contributed by atoms with E-state index in [4.69, 9.17) is 0 Å². The maximum Gasteiger partial charge on any atom is 0.241 e. The average Bonchev–Trinajstić information content (AvgIpc) is 3.12. The molecule has 0 aliphatic rings. The van der Waals surface area contributed by atoms with Crippen molar-refractivity contribution in [3.05, 3.63) is 78.1 Å². The lowest BCUT2D eigenvalue weighted by atomic mass is 10.2. The highest BCUT2D eigenvalue weighted by molar-refractivity contribution is 5.95. The average molecular weight is 348 g/mol. The van der Waals surface area contributed by atoms with Crippen molar-refractivity contribution in [1.29, 1.82) is 0 Å². The fourth-order valence-electron chi connectivity index (χ4n) is 2.74. The molecule has 1 amide bonds. The Kier molecular flexibility index (Phi) is 5.49. The molecule has 0 fully saturated rings. The quantitative estimate of drug-likeness (QED) is 0.740. The normalized spacial score (nSPS) is 12.2. The van der Waals surface area contributed by atoms with Crippen LogP contribution < -0.4 is 5.32 Å². The van der Waals surface area contributed by atoms with E-state index in [0.29, 0.717) is 6.54 Å². The summed E-state index contributed by atoms with van der Waals surface area (Å²) in [5.41, 5.74) is 3.99. The van der Waals surface area contributed by atoms with Crippen LogP contribution in [0.1, 0.15) is 18.1 Å². The highest BCUT2D eigenvalue weighted by Crippen LogP contribution is 2.15. The van der Waals surface area contributed by atoms with Crippen LogP contribution in [0, 0.1) is 6.92 Å². The van der Waals surface area contributed by atoms with Crippen molar-refractivity contribution < 1.29 is 4.79 Å². The third-order valence-electron chi connectivity index (χ3n) is 4.53. The molecule has 3 rings (SSSR count). The number of para-hydroxylation sites is 2. The molecule has 0 spiro atoms. The van der Waals surface area contributed by atoms with E-state index in [1.807, 2.05) is 97.5 Å². The highest BCUT2D eigenvalue weighted by Gasteiger charge is 2.19. The molecule has 0 aliphatic heterocycles. The van der Waals surface area contributed by atoms with Crippen LogP contribution in [0.25, 0.3) is 5.69 Å². The zero-order chi connectivity index (χ0) is 18.5. The van der Waals surface area contributed by atoms with Gasteiger partial charge in [0.1, 0.15) is 0 Å². The van der Waals surface area contributed by atoms with E-state index in [9.17, 15) is 4.79 Å². The minimum atomic E-state index is -0.255. The van der Waals surface area contributed by atoms with Crippen LogP contribution >= 0.6 is 0 Å². The molecular weight excluding hydrogens is 324 g/mol. The Hall–Kier alpha value is -2.92. The second-order valence-corrected chi connectivity index (χ2v) is 6.52. The second kappa shape index (κ2) is 7.97. The van der Waals surface area contributed by atoms with E-state index in [2.05, 4.69) is 10.4 Å². The molecule has 134 valence electrons. The molecule has 1 aromatic heterocycles. The molecule has 2 aromatic carbocycles. The summed E-state index contributed by atoms with van der Waals surface area (Å²) in [6.07, 6.45) is 3.84. The smallest absolute Gasteiger partial charge is 0.241 e. The molecule has 0 bridgehead atoms. The molecule has 0 radical (unpaired) electrons. The fraction of sp³-hybridized carbons (Fsp3) is 0.238. The SMILES string of the molecule is Cc1ccccc1NC(=O)C(C)N(C)Cc1cnn(-c2ccccc2)c1. The van der Waals surface area contributed by atoms with E-state index in [1.165, 1.54) is 0 Å². The zero-order valence-corrected chi connectivity index (χ0v) is 15.4.